The van der Waals surface area contributed by atoms with Crippen molar-refractivity contribution in [2.24, 2.45) is 0 Å². The zero-order valence-electron chi connectivity index (χ0n) is 33.7. The van der Waals surface area contributed by atoms with Gasteiger partial charge < -0.3 is 8.83 Å². The van der Waals surface area contributed by atoms with Crippen LogP contribution >= 0.6 is 0 Å². The highest BCUT2D eigenvalue weighted by molar-refractivity contribution is 6.71. The summed E-state index contributed by atoms with van der Waals surface area (Å²) in [5.74, 6) is 0.0575. The van der Waals surface area contributed by atoms with Crippen molar-refractivity contribution in [3.63, 3.8) is 0 Å². The molecule has 3 aromatic heterocycles. The van der Waals surface area contributed by atoms with Crippen molar-refractivity contribution in [2.75, 3.05) is 0 Å². The smallest absolute Gasteiger partial charge is 0.167 e. The first-order chi connectivity index (χ1) is 30.6. The summed E-state index contributed by atoms with van der Waals surface area (Å²) in [5, 5.41) is 1.05. The summed E-state index contributed by atoms with van der Waals surface area (Å²) < 4.78 is 12.7. The first kappa shape index (κ1) is 42.0. The van der Waals surface area contributed by atoms with Crippen molar-refractivity contribution in [2.45, 2.75) is 0 Å². The molecule has 0 saturated heterocycles. The standard InChI is InChI=1S/C45H13B14N3O2/c46-25-21-22-28(49)34(55)36(57)38(59)42(22)64-40(21)31(52)23(29(25)50)44-60-43(18-12-5-4-11-17(18)16-10-6-9-15(13-16)14-7-2-1-3-8-14)61-45(62-44)24-30(51)32(53)26(47)19-20-27(48)33(54)35(56)37(58)41(20)63-39(19)24/h1-13H. The summed E-state index contributed by atoms with van der Waals surface area (Å²) >= 11 is 0. The number of nitrogens with zero attached hydrogens (tertiary/aromatic N) is 3. The summed E-state index contributed by atoms with van der Waals surface area (Å²) in [6.45, 7) is 0. The monoisotopic (exact) mass is 781 g/mol. The molecule has 0 aliphatic carbocycles. The molecule has 10 aromatic rings. The second-order valence-electron chi connectivity index (χ2n) is 15.4. The number of hydrogen-bond acceptors (Lipinski definition) is 5. The molecule has 28 radical (unpaired) electrons. The van der Waals surface area contributed by atoms with Crippen LogP contribution in [-0.2, 0) is 0 Å². The highest BCUT2D eigenvalue weighted by atomic mass is 16.3. The van der Waals surface area contributed by atoms with Crippen molar-refractivity contribution in [1.82, 2.24) is 15.0 Å². The molecular weight excluding hydrogens is 766 g/mol. The van der Waals surface area contributed by atoms with E-state index in [1.807, 2.05) is 72.8 Å². The Morgan fingerprint density at radius 3 is 1.27 bits per heavy atom. The van der Waals surface area contributed by atoms with Gasteiger partial charge in [0.15, 0.2) is 17.5 Å². The fourth-order valence-electron chi connectivity index (χ4n) is 8.40. The van der Waals surface area contributed by atoms with Gasteiger partial charge in [0.25, 0.3) is 0 Å². The molecule has 3 heterocycles. The van der Waals surface area contributed by atoms with Crippen LogP contribution in [0.5, 0.6) is 0 Å². The van der Waals surface area contributed by atoms with Crippen LogP contribution in [-0.4, -0.2) is 125 Å². The van der Waals surface area contributed by atoms with Gasteiger partial charge in [0.05, 0.1) is 5.56 Å². The average Bonchev–Trinajstić information content (AvgIpc) is 3.92. The van der Waals surface area contributed by atoms with Gasteiger partial charge in [-0.3, -0.25) is 0 Å². The van der Waals surface area contributed by atoms with Gasteiger partial charge in [0.1, 0.15) is 132 Å². The Kier molecular flexibility index (Phi) is 10.1. The third kappa shape index (κ3) is 6.09. The zero-order chi connectivity index (χ0) is 45.2. The quantitative estimate of drug-likeness (QED) is 0.164. The minimum absolute atomic E-state index is 0.0150. The van der Waals surface area contributed by atoms with Gasteiger partial charge >= 0.3 is 0 Å². The molecule has 0 N–H and O–H groups in total. The van der Waals surface area contributed by atoms with Crippen molar-refractivity contribution in [3.05, 3.63) is 78.9 Å². The molecule has 0 unspecified atom stereocenters. The molecule has 0 aliphatic heterocycles. The molecule has 0 fully saturated rings. The van der Waals surface area contributed by atoms with Crippen LogP contribution in [0.4, 0.5) is 0 Å². The third-order valence-corrected chi connectivity index (χ3v) is 11.8. The van der Waals surface area contributed by atoms with E-state index < -0.39 is 0 Å². The van der Waals surface area contributed by atoms with Crippen LogP contribution in [0.15, 0.2) is 87.7 Å². The Labute approximate surface area is 387 Å². The molecular formula is C45H13B14N3O2. The second kappa shape index (κ2) is 15.4. The normalized spacial score (nSPS) is 11.7. The summed E-state index contributed by atoms with van der Waals surface area (Å²) in [5.41, 5.74) is 4.98. The molecule has 0 amide bonds. The van der Waals surface area contributed by atoms with Crippen LogP contribution in [0.1, 0.15) is 0 Å². The molecule has 0 saturated carbocycles. The molecule has 0 aliphatic rings. The second-order valence-corrected chi connectivity index (χ2v) is 15.4. The predicted octanol–water partition coefficient (Wildman–Crippen LogP) is -4.88. The summed E-state index contributed by atoms with van der Waals surface area (Å²) in [6.07, 6.45) is 0. The highest BCUT2D eigenvalue weighted by Crippen LogP contribution is 2.36. The van der Waals surface area contributed by atoms with E-state index in [9.17, 15) is 0 Å². The maximum Gasteiger partial charge on any atom is 0.167 e. The fourth-order valence-corrected chi connectivity index (χ4v) is 8.40. The van der Waals surface area contributed by atoms with Crippen LogP contribution in [0.25, 0.3) is 100 Å². The average molecular weight is 779 g/mol. The largest absolute Gasteiger partial charge is 0.457 e. The number of furan rings is 2. The van der Waals surface area contributed by atoms with Gasteiger partial charge in [-0.05, 0) is 33.8 Å². The minimum atomic E-state index is -0.0524. The number of fused-ring (bicyclic) bond motifs is 6. The molecule has 0 bridgehead atoms. The van der Waals surface area contributed by atoms with Crippen LogP contribution in [0.3, 0.4) is 0 Å². The number of aromatic nitrogens is 3. The lowest BCUT2D eigenvalue weighted by molar-refractivity contribution is 0.673. The van der Waals surface area contributed by atoms with E-state index in [1.54, 1.807) is 0 Å². The van der Waals surface area contributed by atoms with Crippen molar-refractivity contribution < 1.29 is 8.83 Å². The van der Waals surface area contributed by atoms with Gasteiger partial charge in [-0.1, -0.05) is 116 Å². The Balaban J connectivity index is 1.32. The van der Waals surface area contributed by atoms with Gasteiger partial charge in [0.2, 0.25) is 0 Å². The first-order valence-corrected chi connectivity index (χ1v) is 19.5. The third-order valence-electron chi connectivity index (χ3n) is 11.8. The fraction of sp³-hybridized carbons (Fsp3) is 0. The van der Waals surface area contributed by atoms with Gasteiger partial charge in [0, 0.05) is 32.7 Å². The minimum Gasteiger partial charge on any atom is -0.457 e. The lowest BCUT2D eigenvalue weighted by Gasteiger charge is -2.19. The van der Waals surface area contributed by atoms with Crippen molar-refractivity contribution >= 4 is 230 Å². The molecule has 19 heteroatoms. The zero-order valence-corrected chi connectivity index (χ0v) is 33.7. The predicted molar refractivity (Wildman–Crippen MR) is 277 cm³/mol. The molecule has 64 heavy (non-hydrogen) atoms. The molecule has 262 valence electrons. The van der Waals surface area contributed by atoms with Crippen LogP contribution in [0, 0.1) is 0 Å². The topological polar surface area (TPSA) is 65.0 Å². The summed E-state index contributed by atoms with van der Waals surface area (Å²) in [7, 11) is 91.9. The maximum atomic E-state index is 7.00. The van der Waals surface area contributed by atoms with Crippen LogP contribution < -0.4 is 76.5 Å². The van der Waals surface area contributed by atoms with Crippen molar-refractivity contribution in [3.8, 4) is 56.4 Å². The van der Waals surface area contributed by atoms with Crippen LogP contribution in [0.2, 0.25) is 0 Å². The van der Waals surface area contributed by atoms with Gasteiger partial charge in [-0.15, -0.1) is 27.3 Å². The van der Waals surface area contributed by atoms with E-state index in [-0.39, 0.29) is 149 Å². The van der Waals surface area contributed by atoms with Crippen molar-refractivity contribution in [1.29, 1.82) is 0 Å². The van der Waals surface area contributed by atoms with E-state index in [4.69, 9.17) is 134 Å². The van der Waals surface area contributed by atoms with Gasteiger partial charge in [-0.2, -0.15) is 0 Å². The molecule has 10 rings (SSSR count). The Hall–Kier alpha value is -5.94. The van der Waals surface area contributed by atoms with E-state index in [2.05, 4.69) is 6.07 Å². The maximum absolute atomic E-state index is 7.00. The Bertz CT molecular complexity index is 3680. The van der Waals surface area contributed by atoms with E-state index >= 15 is 0 Å². The Morgan fingerprint density at radius 1 is 0.281 bits per heavy atom. The SMILES string of the molecule is [B]c1c([B])c([B])c2c(oc3c([B])c(-c4nc(-c5ccccc5-c5cccc(-c6ccccc6)c5)nc(-c5c([B])c([B])c([B])c6c5oc5c([B])c([B])c([B])c([B])c56)n4)c([B])c([B])c32)c1[B]. The van der Waals surface area contributed by atoms with E-state index in [0.29, 0.717) is 5.56 Å². The Morgan fingerprint density at radius 2 is 0.672 bits per heavy atom. The van der Waals surface area contributed by atoms with E-state index in [0.717, 1.165) is 22.3 Å². The molecule has 5 nitrogen and oxygen atoms in total. The lowest BCUT2D eigenvalue weighted by atomic mass is 9.64. The first-order valence-electron chi connectivity index (χ1n) is 19.5. The number of hydrogen-bond donors (Lipinski definition) is 0. The van der Waals surface area contributed by atoms with E-state index in [1.165, 1.54) is 0 Å². The highest BCUT2D eigenvalue weighted by Gasteiger charge is 2.28. The number of rotatable bonds is 5. The lowest BCUT2D eigenvalue weighted by Crippen LogP contribution is -2.48. The molecule has 0 atom stereocenters. The number of benzene rings is 7. The summed E-state index contributed by atoms with van der Waals surface area (Å²) in [6, 6.07) is 25.6. The molecule has 0 spiro atoms. The summed E-state index contributed by atoms with van der Waals surface area (Å²) in [4.78, 5) is 15.0. The molecule has 7 aromatic carbocycles. The van der Waals surface area contributed by atoms with Gasteiger partial charge in [-0.25, -0.2) is 15.0 Å².